The third kappa shape index (κ3) is 5.21. The largest absolute Gasteiger partial charge is 0.356 e. The lowest BCUT2D eigenvalue weighted by molar-refractivity contribution is -0.121. The molecule has 2 N–H and O–H groups in total. The molecule has 0 aromatic heterocycles. The van der Waals surface area contributed by atoms with Crippen molar-refractivity contribution in [3.8, 4) is 0 Å². The van der Waals surface area contributed by atoms with Gasteiger partial charge in [0.2, 0.25) is 5.91 Å². The first-order valence-corrected chi connectivity index (χ1v) is 8.44. The topological polar surface area (TPSA) is 56.7 Å². The minimum absolute atomic E-state index is 0.164. The number of piperidine rings is 1. The molecule has 1 heterocycles. The fraction of sp³-hybridized carbons (Fsp3) is 0.875. The fourth-order valence-corrected chi connectivity index (χ4v) is 3.21. The number of carbonyl (C=O) groups is 1. The number of carbonyl (C=O) groups excluding carboxylic acids is 1. The van der Waals surface area contributed by atoms with E-state index in [9.17, 15) is 4.79 Å². The number of hydrogen-bond donors (Lipinski definition) is 2. The smallest absolute Gasteiger partial charge is 0.221 e. The van der Waals surface area contributed by atoms with Gasteiger partial charge < -0.3 is 15.5 Å². The summed E-state index contributed by atoms with van der Waals surface area (Å²) in [7, 11) is 1.82. The van der Waals surface area contributed by atoms with Crippen LogP contribution in [0, 0.1) is 5.92 Å². The molecule has 0 spiro atoms. The van der Waals surface area contributed by atoms with Crippen LogP contribution in [0.25, 0.3) is 0 Å². The van der Waals surface area contributed by atoms with Gasteiger partial charge in [-0.05, 0) is 31.6 Å². The molecule has 120 valence electrons. The molecule has 1 saturated carbocycles. The maximum Gasteiger partial charge on any atom is 0.221 e. The minimum atomic E-state index is 0.164. The van der Waals surface area contributed by atoms with Crippen LogP contribution in [0.4, 0.5) is 0 Å². The summed E-state index contributed by atoms with van der Waals surface area (Å²) in [5, 5.41) is 6.45. The number of likely N-dealkylation sites (tertiary alicyclic amines) is 1. The van der Waals surface area contributed by atoms with E-state index >= 15 is 0 Å². The molecule has 0 aromatic carbocycles. The van der Waals surface area contributed by atoms with Gasteiger partial charge in [-0.3, -0.25) is 9.79 Å². The Labute approximate surface area is 128 Å². The molecular formula is C16H30N4O. The number of guanidine groups is 1. The van der Waals surface area contributed by atoms with Crippen molar-refractivity contribution in [3.05, 3.63) is 0 Å². The van der Waals surface area contributed by atoms with Crippen LogP contribution in [-0.2, 0) is 4.79 Å². The monoisotopic (exact) mass is 294 g/mol. The van der Waals surface area contributed by atoms with Crippen molar-refractivity contribution in [1.29, 1.82) is 0 Å². The predicted molar refractivity (Wildman–Crippen MR) is 86.3 cm³/mol. The molecule has 0 aromatic rings. The van der Waals surface area contributed by atoms with E-state index in [4.69, 9.17) is 0 Å². The van der Waals surface area contributed by atoms with E-state index in [1.807, 2.05) is 7.05 Å². The fourth-order valence-electron chi connectivity index (χ4n) is 3.21. The summed E-state index contributed by atoms with van der Waals surface area (Å²) in [6.07, 6.45) is 7.78. The van der Waals surface area contributed by atoms with Gasteiger partial charge >= 0.3 is 0 Å². The summed E-state index contributed by atoms with van der Waals surface area (Å²) in [5.41, 5.74) is 0. The van der Waals surface area contributed by atoms with E-state index in [0.717, 1.165) is 37.8 Å². The second-order valence-electron chi connectivity index (χ2n) is 6.44. The van der Waals surface area contributed by atoms with Crippen LogP contribution in [0.1, 0.15) is 51.9 Å². The van der Waals surface area contributed by atoms with Gasteiger partial charge in [-0.15, -0.1) is 0 Å². The van der Waals surface area contributed by atoms with Crippen molar-refractivity contribution in [1.82, 2.24) is 15.5 Å². The van der Waals surface area contributed by atoms with Gasteiger partial charge in [-0.2, -0.15) is 0 Å². The number of amides is 1. The molecule has 1 amide bonds. The number of aliphatic imine (C=N–C) groups is 1. The maximum atomic E-state index is 11.9. The number of rotatable bonds is 4. The van der Waals surface area contributed by atoms with Crippen LogP contribution in [-0.4, -0.2) is 49.5 Å². The third-order valence-electron chi connectivity index (χ3n) is 4.65. The maximum absolute atomic E-state index is 11.9. The van der Waals surface area contributed by atoms with E-state index in [-0.39, 0.29) is 5.91 Å². The van der Waals surface area contributed by atoms with Crippen LogP contribution >= 0.6 is 0 Å². The Kier molecular flexibility index (Phi) is 6.33. The highest BCUT2D eigenvalue weighted by atomic mass is 16.1. The molecule has 0 bridgehead atoms. The molecule has 1 aliphatic carbocycles. The molecule has 0 atom stereocenters. The number of nitrogens with zero attached hydrogens (tertiary/aromatic N) is 2. The molecule has 0 radical (unpaired) electrons. The summed E-state index contributed by atoms with van der Waals surface area (Å²) >= 11 is 0. The molecule has 5 nitrogen and oxygen atoms in total. The van der Waals surface area contributed by atoms with Gasteiger partial charge in [-0.1, -0.05) is 19.8 Å². The molecule has 2 aliphatic rings. The van der Waals surface area contributed by atoms with Crippen LogP contribution in [0.5, 0.6) is 0 Å². The first-order valence-electron chi connectivity index (χ1n) is 8.44. The van der Waals surface area contributed by atoms with Crippen molar-refractivity contribution in [2.75, 3.05) is 26.7 Å². The Morgan fingerprint density at radius 1 is 1.19 bits per heavy atom. The lowest BCUT2D eigenvalue weighted by Gasteiger charge is -2.32. The molecule has 0 unspecified atom stereocenters. The van der Waals surface area contributed by atoms with Crippen molar-refractivity contribution in [2.24, 2.45) is 10.9 Å². The Morgan fingerprint density at radius 3 is 2.48 bits per heavy atom. The Balaban J connectivity index is 1.65. The Bertz CT molecular complexity index is 355. The quantitative estimate of drug-likeness (QED) is 0.613. The lowest BCUT2D eigenvalue weighted by Crippen LogP contribution is -2.46. The minimum Gasteiger partial charge on any atom is -0.356 e. The van der Waals surface area contributed by atoms with Gasteiger partial charge in [0.05, 0.1) is 0 Å². The van der Waals surface area contributed by atoms with Crippen molar-refractivity contribution < 1.29 is 4.79 Å². The molecule has 1 aliphatic heterocycles. The average molecular weight is 294 g/mol. The van der Waals surface area contributed by atoms with Crippen LogP contribution < -0.4 is 10.6 Å². The van der Waals surface area contributed by atoms with Crippen LogP contribution in [0.3, 0.4) is 0 Å². The normalized spacial score (nSPS) is 21.6. The second-order valence-corrected chi connectivity index (χ2v) is 6.44. The van der Waals surface area contributed by atoms with E-state index in [2.05, 4.69) is 27.4 Å². The van der Waals surface area contributed by atoms with E-state index in [1.165, 1.54) is 25.7 Å². The number of nitrogens with one attached hydrogen (secondary N) is 2. The molecular weight excluding hydrogens is 264 g/mol. The van der Waals surface area contributed by atoms with Gasteiger partial charge in [-0.25, -0.2) is 0 Å². The van der Waals surface area contributed by atoms with Crippen molar-refractivity contribution >= 4 is 11.9 Å². The zero-order valence-corrected chi connectivity index (χ0v) is 13.5. The first-order chi connectivity index (χ1) is 10.2. The van der Waals surface area contributed by atoms with Gasteiger partial charge in [0.15, 0.2) is 5.96 Å². The lowest BCUT2D eigenvalue weighted by atomic mass is 10.00. The molecule has 2 rings (SSSR count). The van der Waals surface area contributed by atoms with Gasteiger partial charge in [0.1, 0.15) is 0 Å². The SMILES string of the molecule is CN=C(NCCC(=O)NC1CCCC1)N1CCC(C)CC1. The third-order valence-corrected chi connectivity index (χ3v) is 4.65. The highest BCUT2D eigenvalue weighted by Crippen LogP contribution is 2.17. The molecule has 5 heteroatoms. The molecule has 21 heavy (non-hydrogen) atoms. The van der Waals surface area contributed by atoms with Crippen LogP contribution in [0.15, 0.2) is 4.99 Å². The Morgan fingerprint density at radius 2 is 1.86 bits per heavy atom. The van der Waals surface area contributed by atoms with Crippen molar-refractivity contribution in [3.63, 3.8) is 0 Å². The Hall–Kier alpha value is -1.26. The van der Waals surface area contributed by atoms with Crippen molar-refractivity contribution in [2.45, 2.75) is 57.9 Å². The van der Waals surface area contributed by atoms with Gasteiger partial charge in [0, 0.05) is 39.1 Å². The second kappa shape index (κ2) is 8.25. The average Bonchev–Trinajstić information content (AvgIpc) is 2.98. The van der Waals surface area contributed by atoms with E-state index < -0.39 is 0 Å². The summed E-state index contributed by atoms with van der Waals surface area (Å²) < 4.78 is 0. The first kappa shape index (κ1) is 16.1. The number of hydrogen-bond acceptors (Lipinski definition) is 2. The summed E-state index contributed by atoms with van der Waals surface area (Å²) in [6, 6.07) is 0.417. The highest BCUT2D eigenvalue weighted by molar-refractivity contribution is 5.81. The van der Waals surface area contributed by atoms with E-state index in [1.54, 1.807) is 0 Å². The standard InChI is InChI=1S/C16H30N4O/c1-13-8-11-20(12-9-13)16(17-2)18-10-7-15(21)19-14-5-3-4-6-14/h13-14H,3-12H2,1-2H3,(H,17,18)(H,19,21). The summed E-state index contributed by atoms with van der Waals surface area (Å²) in [4.78, 5) is 18.5. The zero-order chi connectivity index (χ0) is 15.1. The predicted octanol–water partition coefficient (Wildman–Crippen LogP) is 1.74. The zero-order valence-electron chi connectivity index (χ0n) is 13.5. The molecule has 1 saturated heterocycles. The van der Waals surface area contributed by atoms with Crippen LogP contribution in [0.2, 0.25) is 0 Å². The summed E-state index contributed by atoms with van der Waals surface area (Å²) in [6.45, 7) is 5.10. The molecule has 2 fully saturated rings. The summed E-state index contributed by atoms with van der Waals surface area (Å²) in [5.74, 6) is 1.92. The van der Waals surface area contributed by atoms with Gasteiger partial charge in [0.25, 0.3) is 0 Å². The van der Waals surface area contributed by atoms with E-state index in [0.29, 0.717) is 19.0 Å². The highest BCUT2D eigenvalue weighted by Gasteiger charge is 2.19.